The highest BCUT2D eigenvalue weighted by atomic mass is 16.2. The summed E-state index contributed by atoms with van der Waals surface area (Å²) in [5, 5.41) is 11.7. The molecule has 0 unspecified atom stereocenters. The molecule has 0 spiro atoms. The summed E-state index contributed by atoms with van der Waals surface area (Å²) in [6.07, 6.45) is 0. The predicted octanol–water partition coefficient (Wildman–Crippen LogP) is 1.12. The number of aromatic nitrogens is 3. The molecule has 3 N–H and O–H groups in total. The molecule has 0 radical (unpaired) electrons. The quantitative estimate of drug-likeness (QED) is 0.777. The van der Waals surface area contributed by atoms with E-state index in [1.807, 2.05) is 6.92 Å². The molecule has 20 heavy (non-hydrogen) atoms. The Balaban J connectivity index is 2.04. The van der Waals surface area contributed by atoms with Gasteiger partial charge in [-0.15, -0.1) is 5.10 Å². The number of nitrogens with one attached hydrogen (secondary N) is 3. The molecule has 1 aromatic carbocycles. The number of amides is 2. The molecule has 0 aliphatic carbocycles. The molecule has 0 bridgehead atoms. The van der Waals surface area contributed by atoms with Crippen molar-refractivity contribution in [3.63, 3.8) is 0 Å². The third-order valence-electron chi connectivity index (χ3n) is 2.54. The summed E-state index contributed by atoms with van der Waals surface area (Å²) in [7, 11) is 0. The lowest BCUT2D eigenvalue weighted by molar-refractivity contribution is 0.0955. The number of aromatic amines is 1. The van der Waals surface area contributed by atoms with E-state index in [0.717, 1.165) is 0 Å². The van der Waals surface area contributed by atoms with E-state index in [1.165, 1.54) is 0 Å². The van der Waals surface area contributed by atoms with Gasteiger partial charge in [-0.3, -0.25) is 14.7 Å². The third-order valence-corrected chi connectivity index (χ3v) is 2.54. The van der Waals surface area contributed by atoms with E-state index >= 15 is 0 Å². The Bertz CT molecular complexity index is 618. The number of nitrogens with zero attached hydrogens (tertiary/aromatic N) is 2. The average Bonchev–Trinajstić information content (AvgIpc) is 2.86. The fourth-order valence-corrected chi connectivity index (χ4v) is 1.60. The summed E-state index contributed by atoms with van der Waals surface area (Å²) in [5.74, 6) is 0.104. The number of H-pyrrole nitrogens is 1. The number of anilines is 1. The number of hydrogen-bond donors (Lipinski definition) is 3. The molecule has 1 aromatic heterocycles. The second kappa shape index (κ2) is 5.96. The standard InChI is InChI=1S/C13H15N5O2/c1-3-14-12(19)9-4-6-10(7-5-9)16-13(20)11-15-8(2)17-18-11/h4-7H,3H2,1-2H3,(H,14,19)(H,16,20)(H,15,17,18). The molecular weight excluding hydrogens is 258 g/mol. The Morgan fingerprint density at radius 3 is 2.45 bits per heavy atom. The van der Waals surface area contributed by atoms with Crippen molar-refractivity contribution in [3.8, 4) is 0 Å². The zero-order chi connectivity index (χ0) is 14.5. The van der Waals surface area contributed by atoms with E-state index in [2.05, 4.69) is 25.8 Å². The highest BCUT2D eigenvalue weighted by molar-refractivity contribution is 6.02. The van der Waals surface area contributed by atoms with Gasteiger partial charge < -0.3 is 10.6 Å². The first kappa shape index (κ1) is 13.7. The number of aryl methyl sites for hydroxylation is 1. The zero-order valence-electron chi connectivity index (χ0n) is 11.2. The Morgan fingerprint density at radius 2 is 1.90 bits per heavy atom. The number of benzene rings is 1. The monoisotopic (exact) mass is 273 g/mol. The van der Waals surface area contributed by atoms with Gasteiger partial charge in [0.1, 0.15) is 5.82 Å². The highest BCUT2D eigenvalue weighted by Crippen LogP contribution is 2.10. The van der Waals surface area contributed by atoms with Crippen molar-refractivity contribution in [1.82, 2.24) is 20.5 Å². The molecule has 0 atom stereocenters. The van der Waals surface area contributed by atoms with Gasteiger partial charge in [-0.1, -0.05) is 0 Å². The van der Waals surface area contributed by atoms with Gasteiger partial charge in [-0.25, -0.2) is 4.98 Å². The van der Waals surface area contributed by atoms with E-state index in [9.17, 15) is 9.59 Å². The summed E-state index contributed by atoms with van der Waals surface area (Å²) >= 11 is 0. The Hall–Kier alpha value is -2.70. The summed E-state index contributed by atoms with van der Waals surface area (Å²) in [4.78, 5) is 27.3. The maximum atomic E-state index is 11.8. The lowest BCUT2D eigenvalue weighted by Crippen LogP contribution is -2.22. The van der Waals surface area contributed by atoms with Crippen LogP contribution < -0.4 is 10.6 Å². The van der Waals surface area contributed by atoms with Crippen LogP contribution in [0.3, 0.4) is 0 Å². The maximum Gasteiger partial charge on any atom is 0.295 e. The molecule has 104 valence electrons. The lowest BCUT2D eigenvalue weighted by Gasteiger charge is -2.05. The van der Waals surface area contributed by atoms with Crippen LogP contribution in [-0.4, -0.2) is 33.5 Å². The minimum Gasteiger partial charge on any atom is -0.352 e. The summed E-state index contributed by atoms with van der Waals surface area (Å²) in [5.41, 5.74) is 1.11. The van der Waals surface area contributed by atoms with Crippen LogP contribution in [0, 0.1) is 6.92 Å². The molecule has 2 aromatic rings. The van der Waals surface area contributed by atoms with E-state index in [-0.39, 0.29) is 11.7 Å². The van der Waals surface area contributed by atoms with Crippen molar-refractivity contribution >= 4 is 17.5 Å². The normalized spacial score (nSPS) is 10.1. The van der Waals surface area contributed by atoms with Crippen LogP contribution in [0.15, 0.2) is 24.3 Å². The minimum atomic E-state index is -0.403. The van der Waals surface area contributed by atoms with Crippen molar-refractivity contribution < 1.29 is 9.59 Å². The van der Waals surface area contributed by atoms with Crippen LogP contribution in [0.5, 0.6) is 0 Å². The lowest BCUT2D eigenvalue weighted by atomic mass is 10.2. The molecule has 2 rings (SSSR count). The summed E-state index contributed by atoms with van der Waals surface area (Å²) < 4.78 is 0. The SMILES string of the molecule is CCNC(=O)c1ccc(NC(=O)c2n[nH]c(C)n2)cc1. The van der Waals surface area contributed by atoms with Gasteiger partial charge >= 0.3 is 0 Å². The van der Waals surface area contributed by atoms with E-state index < -0.39 is 5.91 Å². The Kier molecular flexibility index (Phi) is 4.09. The van der Waals surface area contributed by atoms with E-state index in [1.54, 1.807) is 31.2 Å². The van der Waals surface area contributed by atoms with E-state index in [4.69, 9.17) is 0 Å². The second-order valence-corrected chi connectivity index (χ2v) is 4.14. The number of carbonyl (C=O) groups excluding carboxylic acids is 2. The van der Waals surface area contributed by atoms with E-state index in [0.29, 0.717) is 23.6 Å². The molecule has 7 heteroatoms. The maximum absolute atomic E-state index is 11.8. The van der Waals surface area contributed by atoms with Crippen LogP contribution >= 0.6 is 0 Å². The smallest absolute Gasteiger partial charge is 0.295 e. The van der Waals surface area contributed by atoms with Gasteiger partial charge in [0.05, 0.1) is 0 Å². The molecule has 7 nitrogen and oxygen atoms in total. The van der Waals surface area contributed by atoms with Gasteiger partial charge in [0, 0.05) is 17.8 Å². The molecule has 0 aliphatic rings. The Labute approximate surface area is 115 Å². The molecule has 1 heterocycles. The minimum absolute atomic E-state index is 0.0790. The van der Waals surface area contributed by atoms with Gasteiger partial charge in [-0.2, -0.15) is 0 Å². The van der Waals surface area contributed by atoms with Gasteiger partial charge in [0.2, 0.25) is 5.82 Å². The van der Waals surface area contributed by atoms with Crippen LogP contribution in [0.25, 0.3) is 0 Å². The average molecular weight is 273 g/mol. The predicted molar refractivity (Wildman–Crippen MR) is 73.5 cm³/mol. The summed E-state index contributed by atoms with van der Waals surface area (Å²) in [6.45, 7) is 4.14. The highest BCUT2D eigenvalue weighted by Gasteiger charge is 2.11. The zero-order valence-corrected chi connectivity index (χ0v) is 11.2. The fraction of sp³-hybridized carbons (Fsp3) is 0.231. The van der Waals surface area contributed by atoms with Gasteiger partial charge in [0.15, 0.2) is 0 Å². The molecule has 0 saturated heterocycles. The van der Waals surface area contributed by atoms with Crippen molar-refractivity contribution in [2.75, 3.05) is 11.9 Å². The van der Waals surface area contributed by atoms with Crippen molar-refractivity contribution in [1.29, 1.82) is 0 Å². The second-order valence-electron chi connectivity index (χ2n) is 4.14. The first-order chi connectivity index (χ1) is 9.60. The first-order valence-corrected chi connectivity index (χ1v) is 6.18. The Morgan fingerprint density at radius 1 is 1.20 bits per heavy atom. The van der Waals surface area contributed by atoms with Crippen molar-refractivity contribution in [2.24, 2.45) is 0 Å². The fourth-order valence-electron chi connectivity index (χ4n) is 1.60. The third kappa shape index (κ3) is 3.19. The topological polar surface area (TPSA) is 99.8 Å². The number of rotatable bonds is 4. The van der Waals surface area contributed by atoms with Crippen molar-refractivity contribution in [3.05, 3.63) is 41.5 Å². The largest absolute Gasteiger partial charge is 0.352 e. The summed E-state index contributed by atoms with van der Waals surface area (Å²) in [6, 6.07) is 6.59. The molecule has 0 saturated carbocycles. The van der Waals surface area contributed by atoms with Crippen LogP contribution in [0.2, 0.25) is 0 Å². The van der Waals surface area contributed by atoms with Crippen LogP contribution in [0.1, 0.15) is 33.7 Å². The van der Waals surface area contributed by atoms with Gasteiger partial charge in [0.25, 0.3) is 11.8 Å². The van der Waals surface area contributed by atoms with Crippen molar-refractivity contribution in [2.45, 2.75) is 13.8 Å². The molecular formula is C13H15N5O2. The van der Waals surface area contributed by atoms with Crippen LogP contribution in [0.4, 0.5) is 5.69 Å². The molecule has 2 amide bonds. The van der Waals surface area contributed by atoms with Crippen LogP contribution in [-0.2, 0) is 0 Å². The molecule has 0 fully saturated rings. The number of hydrogen-bond acceptors (Lipinski definition) is 4. The first-order valence-electron chi connectivity index (χ1n) is 6.18. The number of carbonyl (C=O) groups is 2. The molecule has 0 aliphatic heterocycles. The van der Waals surface area contributed by atoms with Gasteiger partial charge in [-0.05, 0) is 38.1 Å².